The SMILES string of the molecule is CCC1(C)CC(C)(C)C(OC(C)=O)C(C)C1O. The van der Waals surface area contributed by atoms with Gasteiger partial charge in [0.15, 0.2) is 0 Å². The van der Waals surface area contributed by atoms with Gasteiger partial charge < -0.3 is 9.84 Å². The zero-order chi connectivity index (χ0) is 13.4. The van der Waals surface area contributed by atoms with Crippen LogP contribution in [-0.4, -0.2) is 23.3 Å². The summed E-state index contributed by atoms with van der Waals surface area (Å²) in [5.41, 5.74) is -0.172. The summed E-state index contributed by atoms with van der Waals surface area (Å²) >= 11 is 0. The van der Waals surface area contributed by atoms with Crippen LogP contribution in [0.4, 0.5) is 0 Å². The maximum absolute atomic E-state index is 11.2. The molecule has 100 valence electrons. The van der Waals surface area contributed by atoms with Gasteiger partial charge >= 0.3 is 5.97 Å². The second-order valence-electron chi connectivity index (χ2n) is 6.51. The number of esters is 1. The van der Waals surface area contributed by atoms with Crippen molar-refractivity contribution in [2.45, 2.75) is 66.6 Å². The zero-order valence-corrected chi connectivity index (χ0v) is 11.9. The maximum Gasteiger partial charge on any atom is 0.302 e. The number of aliphatic hydroxyl groups is 1. The molecule has 0 spiro atoms. The van der Waals surface area contributed by atoms with Gasteiger partial charge in [-0.2, -0.15) is 0 Å². The Hall–Kier alpha value is -0.570. The first-order chi connectivity index (χ1) is 7.64. The van der Waals surface area contributed by atoms with E-state index in [1.807, 2.05) is 6.92 Å². The fourth-order valence-corrected chi connectivity index (χ4v) is 3.54. The van der Waals surface area contributed by atoms with Crippen LogP contribution in [0.3, 0.4) is 0 Å². The Balaban J connectivity index is 3.00. The third-order valence-corrected chi connectivity index (χ3v) is 4.42. The first kappa shape index (κ1) is 14.5. The molecule has 4 unspecified atom stereocenters. The van der Waals surface area contributed by atoms with Crippen LogP contribution in [0.15, 0.2) is 0 Å². The molecule has 0 aromatic rings. The molecule has 0 aromatic heterocycles. The largest absolute Gasteiger partial charge is 0.462 e. The number of carbonyl (C=O) groups is 1. The molecule has 0 saturated heterocycles. The smallest absolute Gasteiger partial charge is 0.302 e. The fourth-order valence-electron chi connectivity index (χ4n) is 3.54. The fraction of sp³-hybridized carbons (Fsp3) is 0.929. The van der Waals surface area contributed by atoms with E-state index < -0.39 is 6.10 Å². The first-order valence-corrected chi connectivity index (χ1v) is 6.49. The summed E-state index contributed by atoms with van der Waals surface area (Å²) in [4.78, 5) is 11.2. The molecule has 0 aromatic carbocycles. The summed E-state index contributed by atoms with van der Waals surface area (Å²) in [5.74, 6) is -0.283. The number of aliphatic hydroxyl groups excluding tert-OH is 1. The molecule has 0 aliphatic heterocycles. The van der Waals surface area contributed by atoms with Gasteiger partial charge in [-0.15, -0.1) is 0 Å². The topological polar surface area (TPSA) is 46.5 Å². The van der Waals surface area contributed by atoms with Crippen LogP contribution in [0, 0.1) is 16.7 Å². The van der Waals surface area contributed by atoms with Crippen LogP contribution < -0.4 is 0 Å². The second-order valence-corrected chi connectivity index (χ2v) is 6.51. The molecule has 1 saturated carbocycles. The predicted molar refractivity (Wildman–Crippen MR) is 67.5 cm³/mol. The molecule has 0 radical (unpaired) electrons. The van der Waals surface area contributed by atoms with Crippen molar-refractivity contribution in [3.8, 4) is 0 Å². The van der Waals surface area contributed by atoms with Gasteiger partial charge in [-0.3, -0.25) is 4.79 Å². The lowest BCUT2D eigenvalue weighted by molar-refractivity contribution is -0.186. The Morgan fingerprint density at radius 1 is 1.41 bits per heavy atom. The van der Waals surface area contributed by atoms with E-state index in [-0.39, 0.29) is 28.8 Å². The van der Waals surface area contributed by atoms with Gasteiger partial charge in [-0.1, -0.05) is 34.6 Å². The molecule has 1 aliphatic carbocycles. The standard InChI is InChI=1S/C14H26O3/c1-7-14(6)8-13(4,5)12(17-10(3)15)9(2)11(14)16/h9,11-12,16H,7-8H2,1-6H3. The highest BCUT2D eigenvalue weighted by molar-refractivity contribution is 5.66. The van der Waals surface area contributed by atoms with Crippen LogP contribution in [0.25, 0.3) is 0 Å². The number of ether oxygens (including phenoxy) is 1. The van der Waals surface area contributed by atoms with E-state index in [2.05, 4.69) is 27.7 Å². The first-order valence-electron chi connectivity index (χ1n) is 6.49. The van der Waals surface area contributed by atoms with Crippen molar-refractivity contribution >= 4 is 5.97 Å². The van der Waals surface area contributed by atoms with E-state index in [4.69, 9.17) is 4.74 Å². The molecule has 3 heteroatoms. The summed E-state index contributed by atoms with van der Waals surface area (Å²) in [5, 5.41) is 10.4. The molecule has 1 aliphatic rings. The number of hydrogen-bond donors (Lipinski definition) is 1. The van der Waals surface area contributed by atoms with Gasteiger partial charge in [0.2, 0.25) is 0 Å². The van der Waals surface area contributed by atoms with E-state index in [0.717, 1.165) is 12.8 Å². The third-order valence-electron chi connectivity index (χ3n) is 4.42. The van der Waals surface area contributed by atoms with Crippen molar-refractivity contribution in [1.82, 2.24) is 0 Å². The highest BCUT2D eigenvalue weighted by Gasteiger charge is 2.52. The highest BCUT2D eigenvalue weighted by atomic mass is 16.5. The molecule has 3 nitrogen and oxygen atoms in total. The minimum atomic E-state index is -0.412. The van der Waals surface area contributed by atoms with Gasteiger partial charge in [-0.25, -0.2) is 0 Å². The molecular formula is C14H26O3. The highest BCUT2D eigenvalue weighted by Crippen LogP contribution is 2.51. The van der Waals surface area contributed by atoms with Gasteiger partial charge in [0.05, 0.1) is 6.10 Å². The monoisotopic (exact) mass is 242 g/mol. The van der Waals surface area contributed by atoms with Crippen LogP contribution in [-0.2, 0) is 9.53 Å². The summed E-state index contributed by atoms with van der Waals surface area (Å²) in [6.07, 6.45) is 1.20. The predicted octanol–water partition coefficient (Wildman–Crippen LogP) is 2.76. The molecule has 1 fully saturated rings. The van der Waals surface area contributed by atoms with Crippen molar-refractivity contribution < 1.29 is 14.6 Å². The van der Waals surface area contributed by atoms with Crippen molar-refractivity contribution in [3.05, 3.63) is 0 Å². The minimum Gasteiger partial charge on any atom is -0.462 e. The zero-order valence-electron chi connectivity index (χ0n) is 11.9. The summed E-state index contributed by atoms with van der Waals surface area (Å²) in [6, 6.07) is 0. The summed E-state index contributed by atoms with van der Waals surface area (Å²) < 4.78 is 5.43. The Morgan fingerprint density at radius 2 is 1.94 bits per heavy atom. The normalized spacial score (nSPS) is 41.0. The average molecular weight is 242 g/mol. The molecule has 1 rings (SSSR count). The van der Waals surface area contributed by atoms with Crippen LogP contribution in [0.5, 0.6) is 0 Å². The van der Waals surface area contributed by atoms with Crippen molar-refractivity contribution in [3.63, 3.8) is 0 Å². The lowest BCUT2D eigenvalue weighted by Gasteiger charge is -2.53. The summed E-state index contributed by atoms with van der Waals surface area (Å²) in [7, 11) is 0. The Kier molecular flexibility index (Phi) is 3.92. The van der Waals surface area contributed by atoms with E-state index >= 15 is 0 Å². The van der Waals surface area contributed by atoms with Gasteiger partial charge in [0.1, 0.15) is 6.10 Å². The maximum atomic E-state index is 11.2. The van der Waals surface area contributed by atoms with E-state index in [1.165, 1.54) is 6.92 Å². The molecule has 1 N–H and O–H groups in total. The van der Waals surface area contributed by atoms with Crippen molar-refractivity contribution in [2.75, 3.05) is 0 Å². The molecule has 4 atom stereocenters. The molecule has 0 heterocycles. The Morgan fingerprint density at radius 3 is 2.35 bits per heavy atom. The van der Waals surface area contributed by atoms with Crippen LogP contribution in [0.1, 0.15) is 54.4 Å². The number of carbonyl (C=O) groups excluding carboxylic acids is 1. The number of rotatable bonds is 2. The Bertz CT molecular complexity index is 298. The minimum absolute atomic E-state index is 0.0207. The Labute approximate surface area is 105 Å². The molecule has 17 heavy (non-hydrogen) atoms. The lowest BCUT2D eigenvalue weighted by atomic mass is 9.57. The van der Waals surface area contributed by atoms with E-state index in [0.29, 0.717) is 0 Å². The lowest BCUT2D eigenvalue weighted by Crippen LogP contribution is -2.56. The van der Waals surface area contributed by atoms with Crippen molar-refractivity contribution in [2.24, 2.45) is 16.7 Å². The van der Waals surface area contributed by atoms with E-state index in [9.17, 15) is 9.90 Å². The van der Waals surface area contributed by atoms with Gasteiger partial charge in [-0.05, 0) is 18.3 Å². The van der Waals surface area contributed by atoms with Gasteiger partial charge in [0, 0.05) is 18.3 Å². The summed E-state index contributed by atoms with van der Waals surface area (Å²) in [6.45, 7) is 11.9. The third kappa shape index (κ3) is 2.65. The second kappa shape index (κ2) is 4.60. The number of hydrogen-bond acceptors (Lipinski definition) is 3. The van der Waals surface area contributed by atoms with Gasteiger partial charge in [0.25, 0.3) is 0 Å². The van der Waals surface area contributed by atoms with E-state index in [1.54, 1.807) is 0 Å². The van der Waals surface area contributed by atoms with Crippen LogP contribution >= 0.6 is 0 Å². The molecule has 0 bridgehead atoms. The molecule has 0 amide bonds. The molecular weight excluding hydrogens is 216 g/mol. The average Bonchev–Trinajstić information content (AvgIpc) is 2.21. The van der Waals surface area contributed by atoms with Crippen LogP contribution in [0.2, 0.25) is 0 Å². The quantitative estimate of drug-likeness (QED) is 0.757. The van der Waals surface area contributed by atoms with Crippen molar-refractivity contribution in [1.29, 1.82) is 0 Å².